The minimum atomic E-state index is -0.125. The SMILES string of the molecule is CCc1oc2ccccc2c1CN(C)Cc1noc(C(C)(C)C)n1. The Labute approximate surface area is 142 Å². The van der Waals surface area contributed by atoms with Crippen LogP contribution < -0.4 is 0 Å². The summed E-state index contributed by atoms with van der Waals surface area (Å²) < 4.78 is 11.3. The summed E-state index contributed by atoms with van der Waals surface area (Å²) in [7, 11) is 2.06. The number of para-hydroxylation sites is 1. The Bertz CT molecular complexity index is 827. The average molecular weight is 327 g/mol. The van der Waals surface area contributed by atoms with E-state index in [9.17, 15) is 0 Å². The fourth-order valence-corrected chi connectivity index (χ4v) is 2.80. The number of hydrogen-bond acceptors (Lipinski definition) is 5. The van der Waals surface area contributed by atoms with Crippen LogP contribution in [0, 0.1) is 0 Å². The summed E-state index contributed by atoms with van der Waals surface area (Å²) in [5, 5.41) is 5.29. The number of furan rings is 1. The van der Waals surface area contributed by atoms with Crippen LogP contribution in [0.5, 0.6) is 0 Å². The van der Waals surface area contributed by atoms with E-state index in [-0.39, 0.29) is 5.41 Å². The molecule has 0 aliphatic rings. The Morgan fingerprint density at radius 2 is 1.88 bits per heavy atom. The van der Waals surface area contributed by atoms with Crippen LogP contribution >= 0.6 is 0 Å². The van der Waals surface area contributed by atoms with E-state index in [4.69, 9.17) is 8.94 Å². The molecule has 0 atom stereocenters. The summed E-state index contributed by atoms with van der Waals surface area (Å²) in [6, 6.07) is 8.20. The van der Waals surface area contributed by atoms with E-state index in [2.05, 4.69) is 61.9 Å². The van der Waals surface area contributed by atoms with Crippen molar-refractivity contribution in [3.63, 3.8) is 0 Å². The quantitative estimate of drug-likeness (QED) is 0.699. The number of rotatable bonds is 5. The Morgan fingerprint density at radius 3 is 2.54 bits per heavy atom. The topological polar surface area (TPSA) is 55.3 Å². The standard InChI is InChI=1S/C19H25N3O2/c1-6-15-14(13-9-7-8-10-16(13)23-15)11-22(5)12-17-20-18(24-21-17)19(2,3)4/h7-10H,6,11-12H2,1-5H3. The fourth-order valence-electron chi connectivity index (χ4n) is 2.80. The van der Waals surface area contributed by atoms with Crippen molar-refractivity contribution in [2.24, 2.45) is 0 Å². The third kappa shape index (κ3) is 3.36. The van der Waals surface area contributed by atoms with Crippen molar-refractivity contribution in [1.82, 2.24) is 15.0 Å². The molecule has 24 heavy (non-hydrogen) atoms. The van der Waals surface area contributed by atoms with Crippen molar-refractivity contribution in [3.05, 3.63) is 47.3 Å². The maximum absolute atomic E-state index is 5.97. The van der Waals surface area contributed by atoms with Crippen molar-refractivity contribution in [3.8, 4) is 0 Å². The zero-order chi connectivity index (χ0) is 17.3. The molecule has 3 rings (SSSR count). The smallest absolute Gasteiger partial charge is 0.232 e. The molecule has 0 radical (unpaired) electrons. The van der Waals surface area contributed by atoms with E-state index in [1.54, 1.807) is 0 Å². The molecule has 1 aromatic carbocycles. The molecule has 0 amide bonds. The second-order valence-electron chi connectivity index (χ2n) is 7.29. The van der Waals surface area contributed by atoms with Gasteiger partial charge in [0.25, 0.3) is 0 Å². The van der Waals surface area contributed by atoms with E-state index in [0.717, 1.165) is 24.3 Å². The van der Waals surface area contributed by atoms with Gasteiger partial charge in [-0.3, -0.25) is 4.90 Å². The maximum atomic E-state index is 5.97. The molecule has 0 fully saturated rings. The van der Waals surface area contributed by atoms with Crippen molar-refractivity contribution in [2.45, 2.75) is 52.6 Å². The molecule has 2 aromatic heterocycles. The summed E-state index contributed by atoms with van der Waals surface area (Å²) >= 11 is 0. The molecule has 128 valence electrons. The van der Waals surface area contributed by atoms with Crippen LogP contribution in [-0.4, -0.2) is 22.1 Å². The van der Waals surface area contributed by atoms with Gasteiger partial charge in [-0.15, -0.1) is 0 Å². The lowest BCUT2D eigenvalue weighted by Gasteiger charge is -2.14. The monoisotopic (exact) mass is 327 g/mol. The van der Waals surface area contributed by atoms with Gasteiger partial charge in [-0.1, -0.05) is 51.1 Å². The van der Waals surface area contributed by atoms with Crippen LogP contribution in [-0.2, 0) is 24.9 Å². The lowest BCUT2D eigenvalue weighted by Crippen LogP contribution is -2.19. The molecular weight excluding hydrogens is 302 g/mol. The molecule has 0 aliphatic carbocycles. The van der Waals surface area contributed by atoms with E-state index in [1.165, 1.54) is 10.9 Å². The van der Waals surface area contributed by atoms with Crippen molar-refractivity contribution in [2.75, 3.05) is 7.05 Å². The highest BCUT2D eigenvalue weighted by atomic mass is 16.5. The molecule has 5 heteroatoms. The van der Waals surface area contributed by atoms with E-state index in [1.807, 2.05) is 12.1 Å². The lowest BCUT2D eigenvalue weighted by molar-refractivity contribution is 0.291. The number of nitrogens with zero attached hydrogens (tertiary/aromatic N) is 3. The van der Waals surface area contributed by atoms with Crippen molar-refractivity contribution in [1.29, 1.82) is 0 Å². The van der Waals surface area contributed by atoms with Gasteiger partial charge in [0.2, 0.25) is 5.89 Å². The second kappa shape index (κ2) is 6.40. The highest BCUT2D eigenvalue weighted by molar-refractivity contribution is 5.82. The first-order valence-electron chi connectivity index (χ1n) is 8.39. The van der Waals surface area contributed by atoms with Gasteiger partial charge in [0.05, 0.1) is 6.54 Å². The van der Waals surface area contributed by atoms with Gasteiger partial charge in [0, 0.05) is 29.3 Å². The summed E-state index contributed by atoms with van der Waals surface area (Å²) in [6.45, 7) is 9.76. The zero-order valence-corrected chi connectivity index (χ0v) is 15.1. The minimum Gasteiger partial charge on any atom is -0.461 e. The highest BCUT2D eigenvalue weighted by Crippen LogP contribution is 2.27. The zero-order valence-electron chi connectivity index (χ0n) is 15.1. The van der Waals surface area contributed by atoms with Gasteiger partial charge in [-0.05, 0) is 13.1 Å². The van der Waals surface area contributed by atoms with E-state index >= 15 is 0 Å². The van der Waals surface area contributed by atoms with Crippen LogP contribution in [0.15, 0.2) is 33.2 Å². The first-order valence-corrected chi connectivity index (χ1v) is 8.39. The van der Waals surface area contributed by atoms with Gasteiger partial charge < -0.3 is 8.94 Å². The lowest BCUT2D eigenvalue weighted by atomic mass is 9.97. The normalized spacial score (nSPS) is 12.4. The van der Waals surface area contributed by atoms with Gasteiger partial charge in [0.1, 0.15) is 11.3 Å². The molecular formula is C19H25N3O2. The second-order valence-corrected chi connectivity index (χ2v) is 7.29. The molecule has 0 N–H and O–H groups in total. The number of benzene rings is 1. The summed E-state index contributed by atoms with van der Waals surface area (Å²) in [5.41, 5.74) is 2.07. The molecule has 0 saturated carbocycles. The summed E-state index contributed by atoms with van der Waals surface area (Å²) in [6.07, 6.45) is 0.883. The minimum absolute atomic E-state index is 0.125. The van der Waals surface area contributed by atoms with Crippen LogP contribution in [0.3, 0.4) is 0 Å². The van der Waals surface area contributed by atoms with Crippen molar-refractivity contribution >= 4 is 11.0 Å². The van der Waals surface area contributed by atoms with Gasteiger partial charge in [-0.2, -0.15) is 4.98 Å². The number of aromatic nitrogens is 2. The number of fused-ring (bicyclic) bond motifs is 1. The van der Waals surface area contributed by atoms with Crippen molar-refractivity contribution < 1.29 is 8.94 Å². The largest absolute Gasteiger partial charge is 0.461 e. The molecule has 3 aromatic rings. The van der Waals surface area contributed by atoms with Crippen LogP contribution in [0.2, 0.25) is 0 Å². The van der Waals surface area contributed by atoms with E-state index < -0.39 is 0 Å². The van der Waals surface area contributed by atoms with Gasteiger partial charge in [-0.25, -0.2) is 0 Å². The predicted molar refractivity (Wildman–Crippen MR) is 93.8 cm³/mol. The summed E-state index contributed by atoms with van der Waals surface area (Å²) in [4.78, 5) is 6.70. The Kier molecular flexibility index (Phi) is 4.45. The first-order chi connectivity index (χ1) is 11.4. The summed E-state index contributed by atoms with van der Waals surface area (Å²) in [5.74, 6) is 2.44. The Balaban J connectivity index is 1.78. The van der Waals surface area contributed by atoms with Crippen LogP contribution in [0.25, 0.3) is 11.0 Å². The molecule has 0 bridgehead atoms. The van der Waals surface area contributed by atoms with Gasteiger partial charge in [0.15, 0.2) is 5.82 Å². The molecule has 2 heterocycles. The highest BCUT2D eigenvalue weighted by Gasteiger charge is 2.22. The van der Waals surface area contributed by atoms with Gasteiger partial charge >= 0.3 is 0 Å². The fraction of sp³-hybridized carbons (Fsp3) is 0.474. The average Bonchev–Trinajstić information content (AvgIpc) is 3.12. The molecule has 5 nitrogen and oxygen atoms in total. The first kappa shape index (κ1) is 16.7. The predicted octanol–water partition coefficient (Wildman–Crippen LogP) is 4.31. The molecule has 0 aliphatic heterocycles. The van der Waals surface area contributed by atoms with E-state index in [0.29, 0.717) is 18.3 Å². The molecule has 0 saturated heterocycles. The van der Waals surface area contributed by atoms with Crippen LogP contribution in [0.1, 0.15) is 50.7 Å². The third-order valence-corrected chi connectivity index (χ3v) is 4.05. The van der Waals surface area contributed by atoms with Crippen LogP contribution in [0.4, 0.5) is 0 Å². The maximum Gasteiger partial charge on any atom is 0.232 e. The molecule has 0 spiro atoms. The Morgan fingerprint density at radius 1 is 1.12 bits per heavy atom. The third-order valence-electron chi connectivity index (χ3n) is 4.05. The number of aryl methyl sites for hydroxylation is 1. The molecule has 0 unspecified atom stereocenters. The number of hydrogen-bond donors (Lipinski definition) is 0. The Hall–Kier alpha value is -2.14.